The third-order valence-electron chi connectivity index (χ3n) is 0. The number of carbonyl (C=O) groups excluding carboxylic acids is 4. The maximum atomic E-state index is 9.00. The van der Waals surface area contributed by atoms with Crippen LogP contribution < -0.4 is 20.4 Å². The van der Waals surface area contributed by atoms with Crippen molar-refractivity contribution in [3.8, 4) is 0 Å². The summed E-state index contributed by atoms with van der Waals surface area (Å²) in [6, 6.07) is 0. The van der Waals surface area contributed by atoms with Gasteiger partial charge in [-0.25, -0.2) is 0 Å². The summed E-state index contributed by atoms with van der Waals surface area (Å²) in [6.07, 6.45) is 0. The van der Waals surface area contributed by atoms with E-state index in [0.29, 0.717) is 0 Å². The number of carbonyl (C=O) groups is 5. The summed E-state index contributed by atoms with van der Waals surface area (Å²) in [4.78, 5) is 44.6. The van der Waals surface area contributed by atoms with E-state index in [1.54, 1.807) is 0 Å². The maximum absolute atomic E-state index is 9.00. The summed E-state index contributed by atoms with van der Waals surface area (Å²) in [5.74, 6) is -5.17. The zero-order chi connectivity index (χ0) is 17.9. The van der Waals surface area contributed by atoms with Crippen LogP contribution in [0.4, 0.5) is 0 Å². The maximum Gasteiger partial charge on any atom is 2.00 e. The molecule has 0 heterocycles. The Labute approximate surface area is 150 Å². The number of hydrogen-bond acceptors (Lipinski definition) is 9. The molecule has 10 nitrogen and oxygen atoms in total. The number of carboxylic acid groups (broad SMARTS) is 5. The molecular weight excluding hydrogens is 409 g/mol. The number of rotatable bonds is 0. The second-order valence-corrected chi connectivity index (χ2v) is 2.49. The molecule has 0 aliphatic heterocycles. The summed E-state index contributed by atoms with van der Waals surface area (Å²) < 4.78 is 0. The van der Waals surface area contributed by atoms with Gasteiger partial charge in [0.2, 0.25) is 0 Å². The van der Waals surface area contributed by atoms with Gasteiger partial charge in [-0.05, 0) is 27.7 Å². The number of hydrogen-bond donors (Lipinski definition) is 1. The van der Waals surface area contributed by atoms with Crippen molar-refractivity contribution in [3.05, 3.63) is 0 Å². The van der Waals surface area contributed by atoms with Crippen molar-refractivity contribution in [2.45, 2.75) is 34.6 Å². The quantitative estimate of drug-likeness (QED) is 0.367. The molecule has 0 spiro atoms. The van der Waals surface area contributed by atoms with Crippen molar-refractivity contribution in [1.29, 1.82) is 0 Å². The van der Waals surface area contributed by atoms with Crippen molar-refractivity contribution in [2.75, 3.05) is 0 Å². The Morgan fingerprint density at radius 1 is 0.591 bits per heavy atom. The van der Waals surface area contributed by atoms with Gasteiger partial charge in [0.25, 0.3) is 5.97 Å². The van der Waals surface area contributed by atoms with Gasteiger partial charge in [-0.1, -0.05) is 0 Å². The van der Waals surface area contributed by atoms with Crippen LogP contribution in [-0.2, 0) is 60.5 Å². The molecule has 0 aliphatic carbocycles. The van der Waals surface area contributed by atoms with Crippen molar-refractivity contribution in [2.24, 2.45) is 0 Å². The van der Waals surface area contributed by atoms with Gasteiger partial charge in [-0.2, -0.15) is 0 Å². The van der Waals surface area contributed by atoms with E-state index in [1.165, 1.54) is 0 Å². The molecule has 0 rings (SSSR count). The average Bonchev–Trinajstić information content (AvgIpc) is 1.94. The SMILES string of the molecule is CC(=O)O.CC(=O)[O-].CC(=O)[O-].CC(=O)[O-].CC(=O)[O-].[Cu+2].[Zn+2]. The topological polar surface area (TPSA) is 198 Å². The van der Waals surface area contributed by atoms with Crippen molar-refractivity contribution in [3.63, 3.8) is 0 Å². The van der Waals surface area contributed by atoms with Crippen LogP contribution in [0.1, 0.15) is 34.6 Å². The van der Waals surface area contributed by atoms with Gasteiger partial charge in [0, 0.05) is 30.8 Å². The molecule has 0 aromatic heterocycles. The van der Waals surface area contributed by atoms with E-state index in [1.807, 2.05) is 0 Å². The molecule has 0 aromatic carbocycles. The van der Waals surface area contributed by atoms with E-state index in [0.717, 1.165) is 34.6 Å². The molecule has 0 unspecified atom stereocenters. The van der Waals surface area contributed by atoms with Gasteiger partial charge in [0.1, 0.15) is 0 Å². The van der Waals surface area contributed by atoms with Gasteiger partial charge >= 0.3 is 36.5 Å². The number of aliphatic carboxylic acids is 5. The zero-order valence-corrected chi connectivity index (χ0v) is 16.5. The molecular formula is C10H16CuO10Zn. The normalized spacial score (nSPS) is 5.68. The molecule has 12 heteroatoms. The molecule has 1 radical (unpaired) electrons. The van der Waals surface area contributed by atoms with Crippen LogP contribution in [0.3, 0.4) is 0 Å². The zero-order valence-electron chi connectivity index (χ0n) is 12.6. The van der Waals surface area contributed by atoms with Gasteiger partial charge in [0.15, 0.2) is 0 Å². The summed E-state index contributed by atoms with van der Waals surface area (Å²) in [5, 5.41) is 43.0. The number of carboxylic acids is 5. The Kier molecular flexibility index (Phi) is 71.2. The van der Waals surface area contributed by atoms with Crippen LogP contribution in [0.15, 0.2) is 0 Å². The van der Waals surface area contributed by atoms with Crippen LogP contribution in [0.2, 0.25) is 0 Å². The van der Waals surface area contributed by atoms with Crippen molar-refractivity contribution in [1.82, 2.24) is 0 Å². The third kappa shape index (κ3) is 2490. The standard InChI is InChI=1S/5C2H4O2.Cu.Zn/c5*1-2(3)4;;/h5*1H3,(H,3,4);;/q;;;;;2*+2/p-4. The molecule has 0 atom stereocenters. The Balaban J connectivity index is -0.0000000250. The predicted octanol–water partition coefficient (Wildman–Crippen LogP) is -4.89. The van der Waals surface area contributed by atoms with Crippen LogP contribution in [0, 0.1) is 0 Å². The molecule has 0 bridgehead atoms. The Morgan fingerprint density at radius 3 is 0.591 bits per heavy atom. The van der Waals surface area contributed by atoms with Crippen molar-refractivity contribution < 1.29 is 86.1 Å². The molecule has 22 heavy (non-hydrogen) atoms. The minimum Gasteiger partial charge on any atom is -0.550 e. The smallest absolute Gasteiger partial charge is 0.550 e. The monoisotopic (exact) mass is 423 g/mol. The minimum absolute atomic E-state index is 0. The first kappa shape index (κ1) is 42.8. The Bertz CT molecular complexity index is 216. The summed E-state index contributed by atoms with van der Waals surface area (Å²) in [5.41, 5.74) is 0. The largest absolute Gasteiger partial charge is 2.00 e. The molecule has 0 saturated carbocycles. The van der Waals surface area contributed by atoms with E-state index in [2.05, 4.69) is 0 Å². The molecule has 0 fully saturated rings. The molecule has 1 N–H and O–H groups in total. The third-order valence-corrected chi connectivity index (χ3v) is 0. The molecule has 129 valence electrons. The second-order valence-electron chi connectivity index (χ2n) is 2.49. The summed E-state index contributed by atoms with van der Waals surface area (Å²) >= 11 is 0. The Morgan fingerprint density at radius 2 is 0.591 bits per heavy atom. The van der Waals surface area contributed by atoms with E-state index in [4.69, 9.17) is 49.5 Å². The van der Waals surface area contributed by atoms with E-state index in [9.17, 15) is 0 Å². The van der Waals surface area contributed by atoms with Crippen LogP contribution in [0.25, 0.3) is 0 Å². The fourth-order valence-electron chi connectivity index (χ4n) is 0. The molecule has 0 aromatic rings. The molecule has 0 saturated heterocycles. The van der Waals surface area contributed by atoms with Gasteiger partial charge < -0.3 is 44.7 Å². The van der Waals surface area contributed by atoms with Crippen LogP contribution in [-0.4, -0.2) is 35.0 Å². The first-order chi connectivity index (χ1) is 8.66. The fraction of sp³-hybridized carbons (Fsp3) is 0.500. The summed E-state index contributed by atoms with van der Waals surface area (Å²) in [7, 11) is 0. The summed E-state index contributed by atoms with van der Waals surface area (Å²) in [6.45, 7) is 4.97. The Hall–Kier alpha value is -1.51. The van der Waals surface area contributed by atoms with E-state index in [-0.39, 0.29) is 36.5 Å². The van der Waals surface area contributed by atoms with Gasteiger partial charge in [-0.15, -0.1) is 0 Å². The van der Waals surface area contributed by atoms with E-state index < -0.39 is 29.8 Å². The first-order valence-electron chi connectivity index (χ1n) is 4.56. The molecule has 0 aliphatic rings. The minimum atomic E-state index is -1.08. The average molecular weight is 425 g/mol. The molecule has 0 amide bonds. The van der Waals surface area contributed by atoms with Crippen LogP contribution in [0.5, 0.6) is 0 Å². The van der Waals surface area contributed by atoms with Crippen molar-refractivity contribution >= 4 is 29.8 Å². The van der Waals surface area contributed by atoms with Crippen LogP contribution >= 0.6 is 0 Å². The fourth-order valence-corrected chi connectivity index (χ4v) is 0. The predicted molar refractivity (Wildman–Crippen MR) is 56.0 cm³/mol. The first-order valence-corrected chi connectivity index (χ1v) is 4.56. The van der Waals surface area contributed by atoms with Gasteiger partial charge in [0.05, 0.1) is 0 Å². The van der Waals surface area contributed by atoms with Gasteiger partial charge in [-0.3, -0.25) is 4.79 Å². The van der Waals surface area contributed by atoms with E-state index >= 15 is 0 Å². The second kappa shape index (κ2) is 36.6.